The number of imidazole rings is 1. The molecule has 8 nitrogen and oxygen atoms in total. The van der Waals surface area contributed by atoms with Crippen LogP contribution in [0.2, 0.25) is 0 Å². The van der Waals surface area contributed by atoms with Crippen molar-refractivity contribution in [2.45, 2.75) is 13.0 Å². The third kappa shape index (κ3) is 2.53. The van der Waals surface area contributed by atoms with Gasteiger partial charge in [-0.1, -0.05) is 24.3 Å². The molecule has 1 N–H and O–H groups in total. The fourth-order valence-corrected chi connectivity index (χ4v) is 3.52. The van der Waals surface area contributed by atoms with Gasteiger partial charge in [0.25, 0.3) is 5.69 Å². The number of allylic oxidation sites excluding steroid dienone is 1. The Morgan fingerprint density at radius 1 is 1.22 bits per heavy atom. The van der Waals surface area contributed by atoms with Gasteiger partial charge in [0.1, 0.15) is 6.04 Å². The van der Waals surface area contributed by atoms with E-state index < -0.39 is 16.9 Å². The van der Waals surface area contributed by atoms with Gasteiger partial charge in [0.05, 0.1) is 34.2 Å². The van der Waals surface area contributed by atoms with E-state index in [0.717, 1.165) is 11.0 Å². The third-order valence-electron chi connectivity index (χ3n) is 4.66. The van der Waals surface area contributed by atoms with Crippen molar-refractivity contribution in [1.82, 2.24) is 9.55 Å². The summed E-state index contributed by atoms with van der Waals surface area (Å²) in [6.45, 7) is 1.73. The van der Waals surface area contributed by atoms with Crippen LogP contribution in [0.1, 0.15) is 18.5 Å². The second-order valence-electron chi connectivity index (χ2n) is 6.17. The number of para-hydroxylation sites is 3. The van der Waals surface area contributed by atoms with Crippen molar-refractivity contribution in [3.8, 4) is 0 Å². The first-order valence-corrected chi connectivity index (χ1v) is 8.29. The van der Waals surface area contributed by atoms with Crippen LogP contribution in [-0.4, -0.2) is 27.6 Å². The van der Waals surface area contributed by atoms with Crippen LogP contribution in [0.15, 0.2) is 59.8 Å². The zero-order valence-corrected chi connectivity index (χ0v) is 14.7. The van der Waals surface area contributed by atoms with E-state index in [2.05, 4.69) is 10.3 Å². The Hall–Kier alpha value is -3.68. The largest absolute Gasteiger partial charge is 0.466 e. The zero-order valence-electron chi connectivity index (χ0n) is 14.7. The summed E-state index contributed by atoms with van der Waals surface area (Å²) >= 11 is 0. The Balaban J connectivity index is 2.07. The molecule has 1 aromatic heterocycles. The molecule has 0 amide bonds. The Labute approximate surface area is 154 Å². The summed E-state index contributed by atoms with van der Waals surface area (Å²) < 4.78 is 6.78. The van der Waals surface area contributed by atoms with E-state index in [-0.39, 0.29) is 5.69 Å². The van der Waals surface area contributed by atoms with Crippen LogP contribution in [0, 0.1) is 10.1 Å². The van der Waals surface area contributed by atoms with Crippen molar-refractivity contribution in [2.24, 2.45) is 0 Å². The minimum Gasteiger partial charge on any atom is -0.466 e. The number of ether oxygens (including phenoxy) is 1. The summed E-state index contributed by atoms with van der Waals surface area (Å²) in [7, 11) is 1.29. The predicted molar refractivity (Wildman–Crippen MR) is 99.3 cm³/mol. The molecule has 0 unspecified atom stereocenters. The number of nitrogens with zero attached hydrogens (tertiary/aromatic N) is 3. The lowest BCUT2D eigenvalue weighted by Gasteiger charge is -2.29. The molecule has 1 atom stereocenters. The number of hydrogen-bond acceptors (Lipinski definition) is 6. The first-order chi connectivity index (χ1) is 13.0. The van der Waals surface area contributed by atoms with Crippen molar-refractivity contribution in [3.05, 3.63) is 75.5 Å². The number of methoxy groups -OCH3 is 1. The lowest BCUT2D eigenvalue weighted by molar-refractivity contribution is -0.385. The maximum atomic E-state index is 12.6. The van der Waals surface area contributed by atoms with Crippen molar-refractivity contribution in [2.75, 3.05) is 12.4 Å². The number of esters is 1. The molecule has 2 heterocycles. The normalized spacial score (nSPS) is 16.0. The molecule has 3 aromatic rings. The molecule has 8 heteroatoms. The standard InChI is InChI=1S/C19H16N4O4/c1-11-16(18(24)27-2)17(12-7-3-5-9-14(12)23(25)26)22-15-10-6-4-8-13(15)21-19(22)20-11/h3-10,17H,1-2H3,(H,20,21)/t17-/m1/s1. The van der Waals surface area contributed by atoms with Crippen LogP contribution in [-0.2, 0) is 9.53 Å². The molecule has 0 spiro atoms. The van der Waals surface area contributed by atoms with E-state index in [0.29, 0.717) is 22.8 Å². The predicted octanol–water partition coefficient (Wildman–Crippen LogP) is 3.41. The molecule has 27 heavy (non-hydrogen) atoms. The maximum Gasteiger partial charge on any atom is 0.337 e. The van der Waals surface area contributed by atoms with Crippen LogP contribution in [0.3, 0.4) is 0 Å². The lowest BCUT2D eigenvalue weighted by Crippen LogP contribution is -2.29. The zero-order chi connectivity index (χ0) is 19.1. The third-order valence-corrected chi connectivity index (χ3v) is 4.66. The second kappa shape index (κ2) is 6.24. The van der Waals surface area contributed by atoms with Crippen molar-refractivity contribution in [1.29, 1.82) is 0 Å². The van der Waals surface area contributed by atoms with Crippen LogP contribution in [0.5, 0.6) is 0 Å². The van der Waals surface area contributed by atoms with Gasteiger partial charge in [-0.05, 0) is 25.1 Å². The molecule has 4 rings (SSSR count). The van der Waals surface area contributed by atoms with Gasteiger partial charge < -0.3 is 10.1 Å². The van der Waals surface area contributed by atoms with Gasteiger partial charge in [-0.3, -0.25) is 14.7 Å². The Morgan fingerprint density at radius 3 is 2.67 bits per heavy atom. The van der Waals surface area contributed by atoms with Crippen LogP contribution < -0.4 is 5.32 Å². The maximum absolute atomic E-state index is 12.6. The minimum absolute atomic E-state index is 0.0673. The van der Waals surface area contributed by atoms with Gasteiger partial charge >= 0.3 is 5.97 Å². The van der Waals surface area contributed by atoms with Gasteiger partial charge in [-0.25, -0.2) is 9.78 Å². The monoisotopic (exact) mass is 364 g/mol. The number of carbonyl (C=O) groups excluding carboxylic acids is 1. The van der Waals surface area contributed by atoms with Crippen molar-refractivity contribution in [3.63, 3.8) is 0 Å². The average Bonchev–Trinajstić information content (AvgIpc) is 3.04. The summed E-state index contributed by atoms with van der Waals surface area (Å²) in [5, 5.41) is 14.8. The highest BCUT2D eigenvalue weighted by atomic mass is 16.6. The fraction of sp³-hybridized carbons (Fsp3) is 0.158. The van der Waals surface area contributed by atoms with Crippen molar-refractivity contribution < 1.29 is 14.5 Å². The molecule has 136 valence electrons. The topological polar surface area (TPSA) is 99.3 Å². The molecule has 0 bridgehead atoms. The quantitative estimate of drug-likeness (QED) is 0.434. The molecule has 0 saturated heterocycles. The number of nitro groups is 1. The molecular formula is C19H16N4O4. The van der Waals surface area contributed by atoms with Gasteiger partial charge in [-0.15, -0.1) is 0 Å². The van der Waals surface area contributed by atoms with E-state index in [9.17, 15) is 14.9 Å². The van der Waals surface area contributed by atoms with Gasteiger partial charge in [0.2, 0.25) is 5.95 Å². The summed E-state index contributed by atoms with van der Waals surface area (Å²) in [6, 6.07) is 13.1. The molecule has 1 aliphatic rings. The number of fused-ring (bicyclic) bond motifs is 3. The van der Waals surface area contributed by atoms with Gasteiger partial charge in [0.15, 0.2) is 0 Å². The molecule has 2 aromatic carbocycles. The highest BCUT2D eigenvalue weighted by molar-refractivity contribution is 5.94. The Morgan fingerprint density at radius 2 is 1.93 bits per heavy atom. The van der Waals surface area contributed by atoms with E-state index in [1.807, 2.05) is 24.3 Å². The first-order valence-electron chi connectivity index (χ1n) is 8.29. The number of anilines is 1. The van der Waals surface area contributed by atoms with E-state index in [1.165, 1.54) is 13.2 Å². The van der Waals surface area contributed by atoms with E-state index >= 15 is 0 Å². The molecule has 1 aliphatic heterocycles. The smallest absolute Gasteiger partial charge is 0.337 e. The molecule has 0 fully saturated rings. The number of nitro benzene ring substituents is 1. The first kappa shape index (κ1) is 16.8. The number of benzene rings is 2. The minimum atomic E-state index is -0.734. The van der Waals surface area contributed by atoms with E-state index in [1.54, 1.807) is 29.7 Å². The van der Waals surface area contributed by atoms with Crippen LogP contribution >= 0.6 is 0 Å². The summed E-state index contributed by atoms with van der Waals surface area (Å²) in [5.41, 5.74) is 2.67. The number of hydrogen-bond donors (Lipinski definition) is 1. The Bertz CT molecular complexity index is 1120. The van der Waals surface area contributed by atoms with Crippen molar-refractivity contribution >= 4 is 28.6 Å². The molecule has 0 saturated carbocycles. The van der Waals surface area contributed by atoms with Gasteiger partial charge in [-0.2, -0.15) is 0 Å². The Kier molecular flexibility index (Phi) is 3.88. The molecule has 0 radical (unpaired) electrons. The lowest BCUT2D eigenvalue weighted by atomic mass is 9.94. The fourth-order valence-electron chi connectivity index (χ4n) is 3.52. The number of nitrogens with one attached hydrogen (secondary N) is 1. The van der Waals surface area contributed by atoms with Crippen LogP contribution in [0.4, 0.5) is 11.6 Å². The average molecular weight is 364 g/mol. The molecular weight excluding hydrogens is 348 g/mol. The highest BCUT2D eigenvalue weighted by Gasteiger charge is 2.37. The summed E-state index contributed by atoms with van der Waals surface area (Å²) in [6.07, 6.45) is 0. The second-order valence-corrected chi connectivity index (χ2v) is 6.17. The highest BCUT2D eigenvalue weighted by Crippen LogP contribution is 2.42. The molecule has 0 aliphatic carbocycles. The number of aromatic nitrogens is 2. The number of rotatable bonds is 3. The summed E-state index contributed by atoms with van der Waals surface area (Å²) in [5.74, 6) is -0.0314. The van der Waals surface area contributed by atoms with E-state index in [4.69, 9.17) is 4.74 Å². The number of carbonyl (C=O) groups is 1. The van der Waals surface area contributed by atoms with Crippen LogP contribution in [0.25, 0.3) is 11.0 Å². The SMILES string of the molecule is COC(=O)C1=C(C)Nc2nc3ccccc3n2[C@@H]1c1ccccc1[N+](=O)[O-]. The van der Waals surface area contributed by atoms with Gasteiger partial charge in [0, 0.05) is 11.8 Å². The summed E-state index contributed by atoms with van der Waals surface area (Å²) in [4.78, 5) is 28.4.